The molecule has 0 unspecified atom stereocenters. The van der Waals surface area contributed by atoms with Crippen molar-refractivity contribution in [2.24, 2.45) is 0 Å². The Morgan fingerprint density at radius 3 is 2.50 bits per heavy atom. The maximum atomic E-state index is 12.5. The highest BCUT2D eigenvalue weighted by Crippen LogP contribution is 2.15. The summed E-state index contributed by atoms with van der Waals surface area (Å²) in [5.41, 5.74) is 1.60. The second-order valence-corrected chi connectivity index (χ2v) is 5.16. The third-order valence-corrected chi connectivity index (χ3v) is 3.53. The van der Waals surface area contributed by atoms with Crippen LogP contribution in [-0.4, -0.2) is 26.8 Å². The molecule has 0 aliphatic carbocycles. The van der Waals surface area contributed by atoms with Crippen LogP contribution >= 0.6 is 0 Å². The maximum absolute atomic E-state index is 12.5. The smallest absolute Gasteiger partial charge is 0.330 e. The lowest BCUT2D eigenvalue weighted by Crippen LogP contribution is -2.33. The molecule has 1 aromatic heterocycles. The van der Waals surface area contributed by atoms with Gasteiger partial charge in [-0.2, -0.15) is 5.10 Å². The van der Waals surface area contributed by atoms with Gasteiger partial charge in [0, 0.05) is 18.0 Å². The fourth-order valence-electron chi connectivity index (χ4n) is 2.36. The van der Waals surface area contributed by atoms with Gasteiger partial charge in [-0.3, -0.25) is 4.79 Å². The Labute approximate surface area is 138 Å². The van der Waals surface area contributed by atoms with E-state index in [0.29, 0.717) is 11.1 Å². The number of carbonyl (C=O) groups is 2. The van der Waals surface area contributed by atoms with Crippen molar-refractivity contribution in [2.45, 2.75) is 6.04 Å². The van der Waals surface area contributed by atoms with E-state index in [0.717, 1.165) is 5.69 Å². The van der Waals surface area contributed by atoms with Gasteiger partial charge in [-0.1, -0.05) is 36.4 Å². The zero-order valence-electron chi connectivity index (χ0n) is 12.7. The summed E-state index contributed by atoms with van der Waals surface area (Å²) in [5, 5.41) is 16.1. The van der Waals surface area contributed by atoms with Crippen molar-refractivity contribution in [3.05, 3.63) is 84.2 Å². The zero-order chi connectivity index (χ0) is 16.9. The molecule has 0 bridgehead atoms. The number of rotatable bonds is 5. The van der Waals surface area contributed by atoms with Gasteiger partial charge in [-0.25, -0.2) is 9.48 Å². The number of nitrogens with zero attached hydrogens (tertiary/aromatic N) is 2. The summed E-state index contributed by atoms with van der Waals surface area (Å²) >= 11 is 0. The minimum atomic E-state index is -1.11. The molecule has 120 valence electrons. The number of aliphatic carboxylic acids is 1. The quantitative estimate of drug-likeness (QED) is 0.756. The monoisotopic (exact) mass is 321 g/mol. The number of amides is 1. The SMILES string of the molecule is O=C(N[C@@H](C(=O)O)c1ccccc1)c1cccc(-n2cccn2)c1. The summed E-state index contributed by atoms with van der Waals surface area (Å²) in [7, 11) is 0. The van der Waals surface area contributed by atoms with E-state index in [4.69, 9.17) is 0 Å². The van der Waals surface area contributed by atoms with Gasteiger partial charge in [-0.05, 0) is 29.8 Å². The van der Waals surface area contributed by atoms with Crippen LogP contribution in [0, 0.1) is 0 Å². The third kappa shape index (κ3) is 3.33. The molecule has 3 aromatic rings. The lowest BCUT2D eigenvalue weighted by molar-refractivity contribution is -0.139. The van der Waals surface area contributed by atoms with Gasteiger partial charge >= 0.3 is 5.97 Å². The van der Waals surface area contributed by atoms with Crippen LogP contribution in [0.4, 0.5) is 0 Å². The van der Waals surface area contributed by atoms with Gasteiger partial charge in [0.05, 0.1) is 5.69 Å². The zero-order valence-corrected chi connectivity index (χ0v) is 12.7. The molecule has 2 N–H and O–H groups in total. The maximum Gasteiger partial charge on any atom is 0.330 e. The predicted molar refractivity (Wildman–Crippen MR) is 87.8 cm³/mol. The molecular formula is C18H15N3O3. The Hall–Kier alpha value is -3.41. The van der Waals surface area contributed by atoms with Crippen LogP contribution in [0.5, 0.6) is 0 Å². The Balaban J connectivity index is 1.84. The molecule has 0 aliphatic heterocycles. The molecule has 6 heteroatoms. The lowest BCUT2D eigenvalue weighted by atomic mass is 10.1. The fraction of sp³-hybridized carbons (Fsp3) is 0.0556. The van der Waals surface area contributed by atoms with Gasteiger partial charge in [0.15, 0.2) is 6.04 Å². The van der Waals surface area contributed by atoms with Crippen LogP contribution in [0.25, 0.3) is 5.69 Å². The van der Waals surface area contributed by atoms with Gasteiger partial charge in [0.2, 0.25) is 0 Å². The first-order valence-corrected chi connectivity index (χ1v) is 7.34. The molecular weight excluding hydrogens is 306 g/mol. The van der Waals surface area contributed by atoms with E-state index in [1.807, 2.05) is 6.07 Å². The lowest BCUT2D eigenvalue weighted by Gasteiger charge is -2.15. The second kappa shape index (κ2) is 6.78. The van der Waals surface area contributed by atoms with Gasteiger partial charge in [0.1, 0.15) is 0 Å². The van der Waals surface area contributed by atoms with Crippen molar-refractivity contribution < 1.29 is 14.7 Å². The summed E-state index contributed by atoms with van der Waals surface area (Å²) in [4.78, 5) is 23.9. The topological polar surface area (TPSA) is 84.2 Å². The van der Waals surface area contributed by atoms with E-state index in [2.05, 4.69) is 10.4 Å². The van der Waals surface area contributed by atoms with Gasteiger partial charge < -0.3 is 10.4 Å². The molecule has 2 aromatic carbocycles. The average molecular weight is 321 g/mol. The summed E-state index contributed by atoms with van der Waals surface area (Å²) in [6.45, 7) is 0. The second-order valence-electron chi connectivity index (χ2n) is 5.16. The third-order valence-electron chi connectivity index (χ3n) is 3.53. The molecule has 0 fully saturated rings. The highest BCUT2D eigenvalue weighted by Gasteiger charge is 2.22. The number of carboxylic acids is 1. The van der Waals surface area contributed by atoms with Crippen molar-refractivity contribution in [2.75, 3.05) is 0 Å². The molecule has 0 saturated heterocycles. The summed E-state index contributed by atoms with van der Waals surface area (Å²) < 4.78 is 1.63. The van der Waals surface area contributed by atoms with Crippen molar-refractivity contribution in [1.82, 2.24) is 15.1 Å². The minimum Gasteiger partial charge on any atom is -0.479 e. The molecule has 6 nitrogen and oxygen atoms in total. The van der Waals surface area contributed by atoms with Crippen LogP contribution in [-0.2, 0) is 4.79 Å². The first-order chi connectivity index (χ1) is 11.6. The van der Waals surface area contributed by atoms with Crippen LogP contribution < -0.4 is 5.32 Å². The molecule has 0 saturated carbocycles. The number of carboxylic acid groups (broad SMARTS) is 1. The first kappa shape index (κ1) is 15.5. The molecule has 1 amide bonds. The molecule has 3 rings (SSSR count). The Kier molecular flexibility index (Phi) is 4.38. The average Bonchev–Trinajstić information content (AvgIpc) is 3.15. The first-order valence-electron chi connectivity index (χ1n) is 7.34. The fourth-order valence-corrected chi connectivity index (χ4v) is 2.36. The van der Waals surface area contributed by atoms with Crippen LogP contribution in [0.1, 0.15) is 22.0 Å². The Morgan fingerprint density at radius 2 is 1.83 bits per heavy atom. The molecule has 24 heavy (non-hydrogen) atoms. The minimum absolute atomic E-state index is 0.366. The standard InChI is InChI=1S/C18H15N3O3/c22-17(20-16(18(23)24)13-6-2-1-3-7-13)14-8-4-9-15(12-14)21-11-5-10-19-21/h1-12,16H,(H,20,22)(H,23,24)/t16-/m1/s1. The van der Waals surface area contributed by atoms with E-state index in [1.54, 1.807) is 71.7 Å². The normalized spacial score (nSPS) is 11.7. The number of carbonyl (C=O) groups excluding carboxylic acids is 1. The predicted octanol–water partition coefficient (Wildman–Crippen LogP) is 2.43. The largest absolute Gasteiger partial charge is 0.479 e. The van der Waals surface area contributed by atoms with Crippen LogP contribution in [0.15, 0.2) is 73.1 Å². The van der Waals surface area contributed by atoms with E-state index in [9.17, 15) is 14.7 Å². The number of nitrogens with one attached hydrogen (secondary N) is 1. The van der Waals surface area contributed by atoms with E-state index in [-0.39, 0.29) is 0 Å². The van der Waals surface area contributed by atoms with Gasteiger partial charge in [-0.15, -0.1) is 0 Å². The Bertz CT molecular complexity index is 845. The summed E-state index contributed by atoms with van der Waals surface area (Å²) in [6, 6.07) is 16.1. The summed E-state index contributed by atoms with van der Waals surface area (Å²) in [6.07, 6.45) is 3.41. The molecule has 1 atom stereocenters. The number of benzene rings is 2. The Morgan fingerprint density at radius 1 is 1.04 bits per heavy atom. The van der Waals surface area contributed by atoms with E-state index < -0.39 is 17.9 Å². The van der Waals surface area contributed by atoms with Crippen molar-refractivity contribution in [1.29, 1.82) is 0 Å². The number of aromatic nitrogens is 2. The number of hydrogen-bond donors (Lipinski definition) is 2. The van der Waals surface area contributed by atoms with E-state index in [1.165, 1.54) is 0 Å². The highest BCUT2D eigenvalue weighted by atomic mass is 16.4. The van der Waals surface area contributed by atoms with Crippen molar-refractivity contribution in [3.8, 4) is 5.69 Å². The molecule has 0 aliphatic rings. The van der Waals surface area contributed by atoms with Gasteiger partial charge in [0.25, 0.3) is 5.91 Å². The highest BCUT2D eigenvalue weighted by molar-refractivity contribution is 5.97. The van der Waals surface area contributed by atoms with E-state index >= 15 is 0 Å². The number of hydrogen-bond acceptors (Lipinski definition) is 3. The van der Waals surface area contributed by atoms with Crippen molar-refractivity contribution >= 4 is 11.9 Å². The van der Waals surface area contributed by atoms with Crippen LogP contribution in [0.3, 0.4) is 0 Å². The van der Waals surface area contributed by atoms with Crippen molar-refractivity contribution in [3.63, 3.8) is 0 Å². The van der Waals surface area contributed by atoms with Crippen LogP contribution in [0.2, 0.25) is 0 Å². The molecule has 0 radical (unpaired) electrons. The molecule has 0 spiro atoms. The molecule has 1 heterocycles. The summed E-state index contributed by atoms with van der Waals surface area (Å²) in [5.74, 6) is -1.57.